The summed E-state index contributed by atoms with van der Waals surface area (Å²) in [5.41, 5.74) is 6.19. The SMILES string of the molecule is C=C(C)/C(=C\C=CCC)N=CC(C)N[C@@H](C)c1cc(NC(=O)CC2(C)C=CC(C(C)C)=CC2)ccc1C. The smallest absolute Gasteiger partial charge is 0.225 e. The molecule has 2 unspecified atom stereocenters. The van der Waals surface area contributed by atoms with Gasteiger partial charge in [0, 0.05) is 30.4 Å². The van der Waals surface area contributed by atoms with Crippen molar-refractivity contribution in [3.05, 3.63) is 89.2 Å². The predicted octanol–water partition coefficient (Wildman–Crippen LogP) is 8.41. The Balaban J connectivity index is 2.03. The summed E-state index contributed by atoms with van der Waals surface area (Å²) in [4.78, 5) is 17.6. The van der Waals surface area contributed by atoms with Crippen molar-refractivity contribution in [1.82, 2.24) is 5.32 Å². The summed E-state index contributed by atoms with van der Waals surface area (Å²) in [6, 6.07) is 6.29. The van der Waals surface area contributed by atoms with Gasteiger partial charge in [0.25, 0.3) is 0 Å². The maximum absolute atomic E-state index is 12.9. The normalized spacial score (nSPS) is 19.9. The Morgan fingerprint density at radius 1 is 1.24 bits per heavy atom. The number of hydrogen-bond acceptors (Lipinski definition) is 3. The number of nitrogens with one attached hydrogen (secondary N) is 2. The monoisotopic (exact) mass is 501 g/mol. The number of nitrogens with zero attached hydrogens (tertiary/aromatic N) is 1. The van der Waals surface area contributed by atoms with Gasteiger partial charge in [-0.2, -0.15) is 0 Å². The average molecular weight is 502 g/mol. The van der Waals surface area contributed by atoms with Gasteiger partial charge in [-0.3, -0.25) is 9.79 Å². The van der Waals surface area contributed by atoms with Crippen LogP contribution >= 0.6 is 0 Å². The molecule has 0 bridgehead atoms. The molecule has 1 aromatic rings. The molecule has 0 aromatic heterocycles. The third kappa shape index (κ3) is 9.77. The van der Waals surface area contributed by atoms with Crippen molar-refractivity contribution in [2.75, 3.05) is 5.32 Å². The molecule has 2 rings (SSSR count). The molecule has 4 nitrogen and oxygen atoms in total. The maximum atomic E-state index is 12.9. The van der Waals surface area contributed by atoms with E-state index in [9.17, 15) is 4.79 Å². The molecule has 1 aromatic carbocycles. The number of hydrogen-bond donors (Lipinski definition) is 2. The molecule has 1 amide bonds. The van der Waals surface area contributed by atoms with Gasteiger partial charge >= 0.3 is 0 Å². The second-order valence-corrected chi connectivity index (χ2v) is 11.0. The van der Waals surface area contributed by atoms with E-state index in [1.165, 1.54) is 11.1 Å². The first-order chi connectivity index (χ1) is 17.4. The van der Waals surface area contributed by atoms with Crippen LogP contribution < -0.4 is 10.6 Å². The molecule has 4 heteroatoms. The highest BCUT2D eigenvalue weighted by Crippen LogP contribution is 2.35. The van der Waals surface area contributed by atoms with Gasteiger partial charge in [0.2, 0.25) is 5.91 Å². The van der Waals surface area contributed by atoms with Gasteiger partial charge in [-0.15, -0.1) is 0 Å². The van der Waals surface area contributed by atoms with E-state index in [1.54, 1.807) is 0 Å². The van der Waals surface area contributed by atoms with Crippen molar-refractivity contribution in [2.45, 2.75) is 86.7 Å². The molecule has 0 saturated heterocycles. The number of carbonyl (C=O) groups excluding carboxylic acids is 1. The average Bonchev–Trinajstić information content (AvgIpc) is 2.82. The van der Waals surface area contributed by atoms with Crippen molar-refractivity contribution < 1.29 is 4.79 Å². The summed E-state index contributed by atoms with van der Waals surface area (Å²) in [7, 11) is 0. The van der Waals surface area contributed by atoms with E-state index < -0.39 is 0 Å². The van der Waals surface area contributed by atoms with E-state index in [4.69, 9.17) is 0 Å². The summed E-state index contributed by atoms with van der Waals surface area (Å²) in [6.07, 6.45) is 17.0. The zero-order valence-corrected chi connectivity index (χ0v) is 24.2. The first-order valence-electron chi connectivity index (χ1n) is 13.6. The van der Waals surface area contributed by atoms with E-state index in [0.29, 0.717) is 12.3 Å². The molecule has 200 valence electrons. The molecule has 0 heterocycles. The van der Waals surface area contributed by atoms with Crippen LogP contribution in [0.3, 0.4) is 0 Å². The number of allylic oxidation sites excluding steroid dienone is 8. The van der Waals surface area contributed by atoms with E-state index in [2.05, 4.69) is 107 Å². The molecule has 1 aliphatic carbocycles. The number of carbonyl (C=O) groups is 1. The van der Waals surface area contributed by atoms with E-state index in [-0.39, 0.29) is 23.4 Å². The molecule has 1 aliphatic rings. The minimum Gasteiger partial charge on any atom is -0.326 e. The fraction of sp³-hybridized carbons (Fsp3) is 0.455. The van der Waals surface area contributed by atoms with Gasteiger partial charge in [0.05, 0.1) is 5.70 Å². The van der Waals surface area contributed by atoms with E-state index >= 15 is 0 Å². The van der Waals surface area contributed by atoms with Crippen LogP contribution in [0.15, 0.2) is 83.1 Å². The number of anilines is 1. The van der Waals surface area contributed by atoms with Gasteiger partial charge in [0.15, 0.2) is 0 Å². The Hall–Kier alpha value is -2.98. The Bertz CT molecular complexity index is 1100. The topological polar surface area (TPSA) is 53.5 Å². The highest BCUT2D eigenvalue weighted by molar-refractivity contribution is 5.91. The van der Waals surface area contributed by atoms with E-state index in [0.717, 1.165) is 35.4 Å². The van der Waals surface area contributed by atoms with Crippen molar-refractivity contribution in [2.24, 2.45) is 16.3 Å². The second-order valence-electron chi connectivity index (χ2n) is 11.0. The number of amides is 1. The standard InChI is InChI=1S/C33H47N3O/c1-10-11-12-13-31(24(4)5)34-22-26(7)35-27(8)30-20-29(15-14-25(30)6)36-32(37)21-33(9)18-16-28(17-19-33)23(2)3/h11-18,20,22-23,26-27,35H,4,10,19,21H2,1-3,5-9H3,(H,36,37)/b12-11?,31-13+,34-22?/t26?,27-,33?/m0/s1. The Morgan fingerprint density at radius 2 is 1.97 bits per heavy atom. The quantitative estimate of drug-likeness (QED) is 0.223. The molecule has 37 heavy (non-hydrogen) atoms. The fourth-order valence-electron chi connectivity index (χ4n) is 4.41. The fourth-order valence-corrected chi connectivity index (χ4v) is 4.41. The maximum Gasteiger partial charge on any atom is 0.225 e. The molecule has 2 N–H and O–H groups in total. The zero-order chi connectivity index (χ0) is 27.6. The Labute approximate surface area is 225 Å². The van der Waals surface area contributed by atoms with Crippen LogP contribution in [0.5, 0.6) is 0 Å². The predicted molar refractivity (Wildman–Crippen MR) is 161 cm³/mol. The first-order valence-corrected chi connectivity index (χ1v) is 13.6. The van der Waals surface area contributed by atoms with Gasteiger partial charge in [-0.05, 0) is 92.4 Å². The number of benzene rings is 1. The Morgan fingerprint density at radius 3 is 2.57 bits per heavy atom. The zero-order valence-electron chi connectivity index (χ0n) is 24.2. The van der Waals surface area contributed by atoms with Gasteiger partial charge in [-0.1, -0.05) is 70.7 Å². The third-order valence-corrected chi connectivity index (χ3v) is 6.76. The van der Waals surface area contributed by atoms with Crippen LogP contribution in [0.2, 0.25) is 0 Å². The van der Waals surface area contributed by atoms with Crippen LogP contribution in [-0.2, 0) is 4.79 Å². The molecule has 0 saturated carbocycles. The summed E-state index contributed by atoms with van der Waals surface area (Å²) in [5, 5.41) is 6.74. The van der Waals surface area contributed by atoms with Crippen molar-refractivity contribution >= 4 is 17.8 Å². The summed E-state index contributed by atoms with van der Waals surface area (Å²) >= 11 is 0. The molecular formula is C33H47N3O. The highest BCUT2D eigenvalue weighted by atomic mass is 16.1. The highest BCUT2D eigenvalue weighted by Gasteiger charge is 2.26. The van der Waals surface area contributed by atoms with Crippen molar-refractivity contribution in [1.29, 1.82) is 0 Å². The van der Waals surface area contributed by atoms with Crippen LogP contribution in [0.25, 0.3) is 0 Å². The molecule has 0 radical (unpaired) electrons. The second kappa shape index (κ2) is 14.1. The van der Waals surface area contributed by atoms with Gasteiger partial charge in [-0.25, -0.2) is 0 Å². The Kier molecular flexibility index (Phi) is 11.5. The number of aliphatic imine (C=N–C) groups is 1. The van der Waals surface area contributed by atoms with E-state index in [1.807, 2.05) is 31.4 Å². The lowest BCUT2D eigenvalue weighted by molar-refractivity contribution is -0.117. The summed E-state index contributed by atoms with van der Waals surface area (Å²) in [6.45, 7) is 21.0. The van der Waals surface area contributed by atoms with Crippen molar-refractivity contribution in [3.63, 3.8) is 0 Å². The van der Waals surface area contributed by atoms with Crippen LogP contribution in [-0.4, -0.2) is 18.2 Å². The number of rotatable bonds is 12. The van der Waals surface area contributed by atoms with Crippen molar-refractivity contribution in [3.8, 4) is 0 Å². The van der Waals surface area contributed by atoms with Crippen LogP contribution in [0.4, 0.5) is 5.69 Å². The first kappa shape index (κ1) is 30.2. The summed E-state index contributed by atoms with van der Waals surface area (Å²) < 4.78 is 0. The molecular weight excluding hydrogens is 454 g/mol. The largest absolute Gasteiger partial charge is 0.326 e. The minimum absolute atomic E-state index is 0.0423. The lowest BCUT2D eigenvalue weighted by Gasteiger charge is -2.28. The van der Waals surface area contributed by atoms with Crippen LogP contribution in [0, 0.1) is 18.3 Å². The molecule has 0 fully saturated rings. The lowest BCUT2D eigenvalue weighted by Crippen LogP contribution is -2.30. The summed E-state index contributed by atoms with van der Waals surface area (Å²) in [5.74, 6) is 0.554. The third-order valence-electron chi connectivity index (χ3n) is 6.76. The molecule has 0 spiro atoms. The minimum atomic E-state index is -0.150. The van der Waals surface area contributed by atoms with Gasteiger partial charge < -0.3 is 10.6 Å². The van der Waals surface area contributed by atoms with Crippen LogP contribution in [0.1, 0.15) is 84.9 Å². The van der Waals surface area contributed by atoms with Gasteiger partial charge in [0.1, 0.15) is 0 Å². The number of aryl methyl sites for hydroxylation is 1. The lowest BCUT2D eigenvalue weighted by atomic mass is 9.77. The molecule has 3 atom stereocenters. The molecule has 0 aliphatic heterocycles.